The molecule has 0 radical (unpaired) electrons. The van der Waals surface area contributed by atoms with E-state index in [4.69, 9.17) is 0 Å². The lowest BCUT2D eigenvalue weighted by atomic mass is 10.0. The zero-order valence-corrected chi connectivity index (χ0v) is 17.5. The summed E-state index contributed by atoms with van der Waals surface area (Å²) in [4.78, 5) is 27.5. The molecule has 0 saturated carbocycles. The summed E-state index contributed by atoms with van der Waals surface area (Å²) in [5.74, 6) is -1.86. The van der Waals surface area contributed by atoms with Crippen LogP contribution in [0.5, 0.6) is 0 Å². The van der Waals surface area contributed by atoms with Crippen molar-refractivity contribution in [3.63, 3.8) is 0 Å². The van der Waals surface area contributed by atoms with Gasteiger partial charge in [-0.05, 0) is 49.6 Å². The predicted molar refractivity (Wildman–Crippen MR) is 115 cm³/mol. The molecule has 164 valence electrons. The van der Waals surface area contributed by atoms with E-state index in [0.29, 0.717) is 13.1 Å². The normalized spacial score (nSPS) is 15.5. The Morgan fingerprint density at radius 1 is 1.03 bits per heavy atom. The zero-order valence-electron chi connectivity index (χ0n) is 17.5. The van der Waals surface area contributed by atoms with Gasteiger partial charge >= 0.3 is 5.69 Å². The molecule has 0 aliphatic carbocycles. The number of piperidine rings is 1. The summed E-state index contributed by atoms with van der Waals surface area (Å²) in [5.41, 5.74) is 2.13. The lowest BCUT2D eigenvalue weighted by molar-refractivity contribution is -0.122. The van der Waals surface area contributed by atoms with Crippen LogP contribution in [-0.4, -0.2) is 39.1 Å². The van der Waals surface area contributed by atoms with E-state index >= 15 is 0 Å². The number of nitrogens with one attached hydrogen (secondary N) is 1. The quantitative estimate of drug-likeness (QED) is 0.657. The second-order valence-corrected chi connectivity index (χ2v) is 7.97. The highest BCUT2D eigenvalue weighted by Gasteiger charge is 2.22. The Bertz CT molecular complexity index is 1150. The van der Waals surface area contributed by atoms with Gasteiger partial charge in [0, 0.05) is 32.2 Å². The molecule has 3 aromatic rings. The second-order valence-electron chi connectivity index (χ2n) is 7.97. The third-order valence-electron chi connectivity index (χ3n) is 5.89. The van der Waals surface area contributed by atoms with Crippen molar-refractivity contribution in [3.05, 3.63) is 70.1 Å². The van der Waals surface area contributed by atoms with E-state index in [1.54, 1.807) is 10.6 Å². The lowest BCUT2D eigenvalue weighted by Gasteiger charge is -2.32. The highest BCUT2D eigenvalue weighted by molar-refractivity contribution is 5.81. The highest BCUT2D eigenvalue weighted by atomic mass is 19.2. The zero-order chi connectivity index (χ0) is 22.0. The smallest absolute Gasteiger partial charge is 0.329 e. The van der Waals surface area contributed by atoms with Crippen molar-refractivity contribution in [1.29, 1.82) is 0 Å². The number of imidazole rings is 1. The van der Waals surface area contributed by atoms with Gasteiger partial charge in [-0.15, -0.1) is 0 Å². The number of likely N-dealkylation sites (tertiary alicyclic amines) is 1. The number of hydrogen-bond donors (Lipinski definition) is 1. The first kappa shape index (κ1) is 21.2. The number of fused-ring (bicyclic) bond motifs is 1. The number of halogens is 2. The number of nitrogens with zero attached hydrogens (tertiary/aromatic N) is 3. The fourth-order valence-corrected chi connectivity index (χ4v) is 4.28. The third-order valence-corrected chi connectivity index (χ3v) is 5.89. The second kappa shape index (κ2) is 9.01. The molecular weight excluding hydrogens is 402 g/mol. The summed E-state index contributed by atoms with van der Waals surface area (Å²) in [7, 11) is 0. The monoisotopic (exact) mass is 428 g/mol. The van der Waals surface area contributed by atoms with Crippen LogP contribution < -0.4 is 11.0 Å². The van der Waals surface area contributed by atoms with Crippen LogP contribution in [0.4, 0.5) is 8.78 Å². The Morgan fingerprint density at radius 3 is 2.35 bits per heavy atom. The molecule has 4 rings (SSSR count). The molecule has 1 N–H and O–H groups in total. The van der Waals surface area contributed by atoms with E-state index in [-0.39, 0.29) is 24.2 Å². The van der Waals surface area contributed by atoms with Gasteiger partial charge in [0.2, 0.25) is 5.91 Å². The summed E-state index contributed by atoms with van der Waals surface area (Å²) in [6.07, 6.45) is 1.53. The topological polar surface area (TPSA) is 59.3 Å². The van der Waals surface area contributed by atoms with Crippen molar-refractivity contribution in [1.82, 2.24) is 19.4 Å². The Balaban J connectivity index is 1.34. The van der Waals surface area contributed by atoms with Crippen molar-refractivity contribution >= 4 is 16.9 Å². The van der Waals surface area contributed by atoms with Crippen molar-refractivity contribution < 1.29 is 13.6 Å². The van der Waals surface area contributed by atoms with Gasteiger partial charge in [-0.1, -0.05) is 18.2 Å². The van der Waals surface area contributed by atoms with E-state index in [2.05, 4.69) is 10.2 Å². The third kappa shape index (κ3) is 4.54. The number of carbonyl (C=O) groups excluding carboxylic acids is 1. The summed E-state index contributed by atoms with van der Waals surface area (Å²) < 4.78 is 29.7. The van der Waals surface area contributed by atoms with Crippen LogP contribution in [0.3, 0.4) is 0 Å². The lowest BCUT2D eigenvalue weighted by Crippen LogP contribution is -2.45. The van der Waals surface area contributed by atoms with Gasteiger partial charge in [0.05, 0.1) is 11.0 Å². The number of aryl methyl sites for hydroxylation is 1. The minimum atomic E-state index is -0.841. The van der Waals surface area contributed by atoms with Crippen molar-refractivity contribution in [3.8, 4) is 0 Å². The van der Waals surface area contributed by atoms with Gasteiger partial charge < -0.3 is 5.32 Å². The fraction of sp³-hybridized carbons (Fsp3) is 0.391. The van der Waals surface area contributed by atoms with E-state index in [0.717, 1.165) is 48.6 Å². The Morgan fingerprint density at radius 2 is 1.71 bits per heavy atom. The average Bonchev–Trinajstić information content (AvgIpc) is 3.03. The standard InChI is InChI=1S/C23H26F2N4O2/c1-2-28-20-5-3-4-6-21(20)29(23(28)31)15-22(30)26-17-9-11-27(12-10-17)14-16-7-8-18(24)19(25)13-16/h3-8,13,17H,2,9-12,14-15H2,1H3,(H,26,30). The first-order valence-corrected chi connectivity index (χ1v) is 10.6. The van der Waals surface area contributed by atoms with Crippen LogP contribution in [-0.2, 0) is 24.4 Å². The van der Waals surface area contributed by atoms with Crippen molar-refractivity contribution in [2.75, 3.05) is 13.1 Å². The number of benzene rings is 2. The van der Waals surface area contributed by atoms with Crippen LogP contribution in [0.25, 0.3) is 11.0 Å². The maximum absolute atomic E-state index is 13.4. The van der Waals surface area contributed by atoms with Crippen molar-refractivity contribution in [2.45, 2.75) is 45.4 Å². The predicted octanol–water partition coefficient (Wildman–Crippen LogP) is 2.88. The van der Waals surface area contributed by atoms with E-state index < -0.39 is 11.6 Å². The van der Waals surface area contributed by atoms with Gasteiger partial charge in [0.25, 0.3) is 0 Å². The van der Waals surface area contributed by atoms with Crippen LogP contribution in [0.15, 0.2) is 47.3 Å². The van der Waals surface area contributed by atoms with Crippen LogP contribution in [0.2, 0.25) is 0 Å². The van der Waals surface area contributed by atoms with E-state index in [9.17, 15) is 18.4 Å². The molecule has 1 aromatic heterocycles. The van der Waals surface area contributed by atoms with Gasteiger partial charge in [-0.25, -0.2) is 13.6 Å². The molecule has 8 heteroatoms. The summed E-state index contributed by atoms with van der Waals surface area (Å²) >= 11 is 0. The van der Waals surface area contributed by atoms with Gasteiger partial charge in [0.15, 0.2) is 11.6 Å². The Labute approximate surface area is 179 Å². The molecule has 31 heavy (non-hydrogen) atoms. The molecule has 0 bridgehead atoms. The molecule has 1 saturated heterocycles. The van der Waals surface area contributed by atoms with E-state index in [1.165, 1.54) is 10.6 Å². The number of aromatic nitrogens is 2. The molecule has 6 nitrogen and oxygen atoms in total. The molecule has 1 fully saturated rings. The molecule has 2 aromatic carbocycles. The summed E-state index contributed by atoms with van der Waals surface area (Å²) in [6, 6.07) is 11.5. The fourth-order valence-electron chi connectivity index (χ4n) is 4.28. The van der Waals surface area contributed by atoms with Gasteiger partial charge in [-0.3, -0.25) is 18.8 Å². The largest absolute Gasteiger partial charge is 0.352 e. The maximum atomic E-state index is 13.4. The number of hydrogen-bond acceptors (Lipinski definition) is 3. The Hall–Kier alpha value is -3.00. The first-order chi connectivity index (χ1) is 15.0. The van der Waals surface area contributed by atoms with E-state index in [1.807, 2.05) is 31.2 Å². The summed E-state index contributed by atoms with van der Waals surface area (Å²) in [5, 5.41) is 3.04. The molecule has 0 atom stereocenters. The Kier molecular flexibility index (Phi) is 6.18. The minimum Gasteiger partial charge on any atom is -0.352 e. The number of amides is 1. The maximum Gasteiger partial charge on any atom is 0.329 e. The van der Waals surface area contributed by atoms with Crippen LogP contribution in [0, 0.1) is 11.6 Å². The number of carbonyl (C=O) groups is 1. The number of rotatable bonds is 6. The molecule has 1 amide bonds. The molecule has 2 heterocycles. The van der Waals surface area contributed by atoms with Crippen LogP contribution >= 0.6 is 0 Å². The first-order valence-electron chi connectivity index (χ1n) is 10.6. The SMILES string of the molecule is CCn1c(=O)n(CC(=O)NC2CCN(Cc3ccc(F)c(F)c3)CC2)c2ccccc21. The molecule has 1 aliphatic heterocycles. The molecule has 1 aliphatic rings. The molecule has 0 unspecified atom stereocenters. The number of para-hydroxylation sites is 2. The highest BCUT2D eigenvalue weighted by Crippen LogP contribution is 2.16. The van der Waals surface area contributed by atoms with Gasteiger partial charge in [0.1, 0.15) is 6.54 Å². The van der Waals surface area contributed by atoms with Gasteiger partial charge in [-0.2, -0.15) is 0 Å². The minimum absolute atomic E-state index is 0.0125. The molecular formula is C23H26F2N4O2. The van der Waals surface area contributed by atoms with Crippen LogP contribution in [0.1, 0.15) is 25.3 Å². The molecule has 0 spiro atoms. The average molecular weight is 428 g/mol. The summed E-state index contributed by atoms with van der Waals surface area (Å²) in [6.45, 7) is 4.49. The van der Waals surface area contributed by atoms with Crippen molar-refractivity contribution in [2.24, 2.45) is 0 Å².